The number of ether oxygens (including phenoxy) is 3. The summed E-state index contributed by atoms with van der Waals surface area (Å²) < 4.78 is 16.0. The first kappa shape index (κ1) is 19.4. The smallest absolute Gasteiger partial charge is 0.344 e. The van der Waals surface area contributed by atoms with Crippen LogP contribution in [0.4, 0.5) is 5.69 Å². The van der Waals surface area contributed by atoms with Gasteiger partial charge in [-0.1, -0.05) is 35.5 Å². The van der Waals surface area contributed by atoms with Crippen LogP contribution in [0.15, 0.2) is 63.7 Å². The normalized spacial score (nSPS) is 18.4. The number of carbonyl (C=O) groups is 1. The second-order valence-electron chi connectivity index (χ2n) is 6.13. The van der Waals surface area contributed by atoms with Gasteiger partial charge in [-0.2, -0.15) is 0 Å². The minimum Gasteiger partial charge on any atom is -0.506 e. The monoisotopic (exact) mass is 429 g/mol. The van der Waals surface area contributed by atoms with Gasteiger partial charge in [0.05, 0.1) is 17.7 Å². The number of aliphatic hydroxyl groups excluding tert-OH is 1. The molecule has 1 N–H and O–H groups in total. The fourth-order valence-corrected chi connectivity index (χ4v) is 4.07. The number of benzene rings is 2. The van der Waals surface area contributed by atoms with E-state index in [0.29, 0.717) is 45.4 Å². The highest BCUT2D eigenvalue weighted by Crippen LogP contribution is 2.41. The van der Waals surface area contributed by atoms with Crippen LogP contribution in [-0.4, -0.2) is 36.4 Å². The maximum atomic E-state index is 12.3. The first-order valence-electron chi connectivity index (χ1n) is 8.71. The predicted octanol–water partition coefficient (Wildman–Crippen LogP) is 4.91. The lowest BCUT2D eigenvalue weighted by Gasteiger charge is -2.18. The third-order valence-corrected chi connectivity index (χ3v) is 5.44. The van der Waals surface area contributed by atoms with Gasteiger partial charge in [-0.25, -0.2) is 9.79 Å². The first-order valence-corrected chi connectivity index (χ1v) is 9.90. The molecule has 2 aliphatic heterocycles. The van der Waals surface area contributed by atoms with Gasteiger partial charge in [0, 0.05) is 5.02 Å². The Hall–Kier alpha value is -2.90. The van der Waals surface area contributed by atoms with E-state index in [1.54, 1.807) is 30.3 Å². The Bertz CT molecular complexity index is 1080. The summed E-state index contributed by atoms with van der Waals surface area (Å²) >= 11 is 7.19. The number of rotatable bonds is 3. The van der Waals surface area contributed by atoms with Crippen molar-refractivity contribution >= 4 is 46.1 Å². The van der Waals surface area contributed by atoms with Gasteiger partial charge in [0.15, 0.2) is 11.5 Å². The van der Waals surface area contributed by atoms with E-state index in [4.69, 9.17) is 25.8 Å². The maximum Gasteiger partial charge on any atom is 0.344 e. The summed E-state index contributed by atoms with van der Waals surface area (Å²) in [6.45, 7) is 0.995. The molecule has 0 spiro atoms. The minimum atomic E-state index is -0.665. The number of esters is 1. The van der Waals surface area contributed by atoms with E-state index in [9.17, 15) is 9.90 Å². The average molecular weight is 430 g/mol. The summed E-state index contributed by atoms with van der Waals surface area (Å²) in [6, 6.07) is 12.4. The van der Waals surface area contributed by atoms with Gasteiger partial charge in [-0.3, -0.25) is 0 Å². The lowest BCUT2D eigenvalue weighted by atomic mass is 10.1. The first-order chi connectivity index (χ1) is 14.0. The van der Waals surface area contributed by atoms with Crippen LogP contribution in [0.5, 0.6) is 11.5 Å². The summed E-state index contributed by atoms with van der Waals surface area (Å²) in [4.78, 5) is 17.2. The zero-order chi connectivity index (χ0) is 20.4. The number of fused-ring (bicyclic) bond motifs is 1. The summed E-state index contributed by atoms with van der Waals surface area (Å²) in [5, 5.41) is 11.5. The van der Waals surface area contributed by atoms with Gasteiger partial charge in [0.2, 0.25) is 0 Å². The SMILES string of the molecule is COC(=O)C1=C(O)/C(=C\c2ccc3c(c2)OCCO3)SC1=Nc1cccc(Cl)c1. The second-order valence-corrected chi connectivity index (χ2v) is 7.59. The largest absolute Gasteiger partial charge is 0.506 e. The van der Waals surface area contributed by atoms with Crippen molar-refractivity contribution in [3.8, 4) is 11.5 Å². The van der Waals surface area contributed by atoms with E-state index in [1.807, 2.05) is 18.2 Å². The number of halogens is 1. The number of aliphatic hydroxyl groups is 1. The number of hydrogen-bond acceptors (Lipinski definition) is 7. The molecule has 0 saturated carbocycles. The molecule has 0 saturated heterocycles. The van der Waals surface area contributed by atoms with E-state index < -0.39 is 5.97 Å². The van der Waals surface area contributed by atoms with Crippen molar-refractivity contribution in [3.05, 3.63) is 69.3 Å². The van der Waals surface area contributed by atoms with E-state index in [1.165, 1.54) is 18.9 Å². The average Bonchev–Trinajstić information content (AvgIpc) is 3.02. The Morgan fingerprint density at radius 1 is 1.21 bits per heavy atom. The van der Waals surface area contributed by atoms with Crippen LogP contribution in [0.3, 0.4) is 0 Å². The van der Waals surface area contributed by atoms with Gasteiger partial charge < -0.3 is 19.3 Å². The molecule has 0 atom stereocenters. The molecule has 2 aliphatic rings. The molecule has 0 amide bonds. The van der Waals surface area contributed by atoms with Gasteiger partial charge in [-0.15, -0.1) is 0 Å². The van der Waals surface area contributed by atoms with Crippen molar-refractivity contribution in [1.82, 2.24) is 0 Å². The second kappa shape index (κ2) is 8.23. The zero-order valence-corrected chi connectivity index (χ0v) is 16.9. The third kappa shape index (κ3) is 4.11. The molecule has 0 aliphatic carbocycles. The van der Waals surface area contributed by atoms with Crippen LogP contribution in [0, 0.1) is 0 Å². The molecule has 4 rings (SSSR count). The Morgan fingerprint density at radius 3 is 2.76 bits per heavy atom. The number of aliphatic imine (C=N–C) groups is 1. The summed E-state index contributed by atoms with van der Waals surface area (Å²) in [5.74, 6) is 0.465. The number of hydrogen-bond donors (Lipinski definition) is 1. The van der Waals surface area contributed by atoms with Crippen LogP contribution >= 0.6 is 23.4 Å². The molecule has 2 aromatic rings. The third-order valence-electron chi connectivity index (χ3n) is 4.18. The van der Waals surface area contributed by atoms with Gasteiger partial charge in [-0.05, 0) is 42.0 Å². The van der Waals surface area contributed by atoms with Crippen LogP contribution in [-0.2, 0) is 9.53 Å². The molecule has 148 valence electrons. The Kier molecular flexibility index (Phi) is 5.51. The van der Waals surface area contributed by atoms with Crippen molar-refractivity contribution in [1.29, 1.82) is 0 Å². The molecule has 0 bridgehead atoms. The van der Waals surface area contributed by atoms with Crippen molar-refractivity contribution in [2.45, 2.75) is 0 Å². The summed E-state index contributed by atoms with van der Waals surface area (Å²) in [5.41, 5.74) is 1.37. The lowest BCUT2D eigenvalue weighted by molar-refractivity contribution is -0.135. The minimum absolute atomic E-state index is 0.0151. The number of thioether (sulfide) groups is 1. The summed E-state index contributed by atoms with van der Waals surface area (Å²) in [6.07, 6.45) is 1.75. The van der Waals surface area contributed by atoms with Crippen molar-refractivity contribution < 1.29 is 24.1 Å². The molecule has 2 aromatic carbocycles. The van der Waals surface area contributed by atoms with Gasteiger partial charge in [0.25, 0.3) is 0 Å². The standard InChI is InChI=1S/C21H16ClNO5S/c1-26-21(25)18-19(24)17(29-20(18)23-14-4-2-3-13(22)11-14)10-12-5-6-15-16(9-12)28-8-7-27-15/h2-6,9-11,24H,7-8H2,1H3/b17-10+,23-20?. The van der Waals surface area contributed by atoms with Crippen molar-refractivity contribution in [2.24, 2.45) is 4.99 Å². The molecule has 0 unspecified atom stereocenters. The maximum absolute atomic E-state index is 12.3. The van der Waals surface area contributed by atoms with Gasteiger partial charge in [0.1, 0.15) is 29.6 Å². The molecule has 0 aromatic heterocycles. The topological polar surface area (TPSA) is 77.4 Å². The Balaban J connectivity index is 1.72. The molecule has 0 radical (unpaired) electrons. The zero-order valence-electron chi connectivity index (χ0n) is 15.3. The number of carbonyl (C=O) groups excluding carboxylic acids is 1. The van der Waals surface area contributed by atoms with E-state index in [2.05, 4.69) is 4.99 Å². The quantitative estimate of drug-likeness (QED) is 0.698. The van der Waals surface area contributed by atoms with Crippen LogP contribution in [0.25, 0.3) is 6.08 Å². The van der Waals surface area contributed by atoms with Crippen molar-refractivity contribution in [3.63, 3.8) is 0 Å². The molecule has 29 heavy (non-hydrogen) atoms. The Morgan fingerprint density at radius 2 is 2.00 bits per heavy atom. The van der Waals surface area contributed by atoms with Crippen molar-refractivity contribution in [2.75, 3.05) is 20.3 Å². The number of methoxy groups -OCH3 is 1. The highest BCUT2D eigenvalue weighted by atomic mass is 35.5. The highest BCUT2D eigenvalue weighted by molar-refractivity contribution is 8.18. The van der Waals surface area contributed by atoms with Crippen LogP contribution in [0.2, 0.25) is 5.02 Å². The number of nitrogens with zero attached hydrogens (tertiary/aromatic N) is 1. The predicted molar refractivity (Wildman–Crippen MR) is 113 cm³/mol. The molecule has 6 nitrogen and oxygen atoms in total. The molecule has 2 heterocycles. The lowest BCUT2D eigenvalue weighted by Crippen LogP contribution is -2.15. The molecule has 8 heteroatoms. The Labute approximate surface area is 176 Å². The van der Waals surface area contributed by atoms with E-state index >= 15 is 0 Å². The van der Waals surface area contributed by atoms with Gasteiger partial charge >= 0.3 is 5.97 Å². The van der Waals surface area contributed by atoms with E-state index in [-0.39, 0.29) is 11.3 Å². The fraction of sp³-hybridized carbons (Fsp3) is 0.143. The molecular weight excluding hydrogens is 414 g/mol. The molecule has 0 fully saturated rings. The van der Waals surface area contributed by atoms with E-state index in [0.717, 1.165) is 5.56 Å². The fourth-order valence-electron chi connectivity index (χ4n) is 2.85. The molecular formula is C21H16ClNO5S. The highest BCUT2D eigenvalue weighted by Gasteiger charge is 2.33. The van der Waals surface area contributed by atoms with Crippen LogP contribution in [0.1, 0.15) is 5.56 Å². The van der Waals surface area contributed by atoms with Crippen LogP contribution < -0.4 is 9.47 Å². The summed E-state index contributed by atoms with van der Waals surface area (Å²) in [7, 11) is 1.26.